The van der Waals surface area contributed by atoms with Crippen LogP contribution in [0.3, 0.4) is 0 Å². The number of benzene rings is 1. The highest BCUT2D eigenvalue weighted by Gasteiger charge is 2.06. The predicted molar refractivity (Wildman–Crippen MR) is 51.4 cm³/mol. The van der Waals surface area contributed by atoms with Crippen molar-refractivity contribution in [2.24, 2.45) is 5.73 Å². The summed E-state index contributed by atoms with van der Waals surface area (Å²) in [6.07, 6.45) is 0.319. The minimum Gasteiger partial charge on any atom is -0.330 e. The van der Waals surface area contributed by atoms with Crippen molar-refractivity contribution in [3.8, 4) is 0 Å². The van der Waals surface area contributed by atoms with Gasteiger partial charge in [-0.1, -0.05) is 11.6 Å². The van der Waals surface area contributed by atoms with Crippen molar-refractivity contribution in [2.45, 2.75) is 6.42 Å². The third kappa shape index (κ3) is 3.10. The van der Waals surface area contributed by atoms with Crippen LogP contribution in [0.25, 0.3) is 0 Å². The van der Waals surface area contributed by atoms with E-state index in [-0.39, 0.29) is 29.5 Å². The topological polar surface area (TPSA) is 26.0 Å². The van der Waals surface area contributed by atoms with Crippen LogP contribution in [0.4, 0.5) is 8.78 Å². The largest absolute Gasteiger partial charge is 0.330 e. The van der Waals surface area contributed by atoms with E-state index in [4.69, 9.17) is 17.3 Å². The summed E-state index contributed by atoms with van der Waals surface area (Å²) in [6.45, 7) is 0.290. The highest BCUT2D eigenvalue weighted by molar-refractivity contribution is 6.30. The zero-order chi connectivity index (χ0) is 9.14. The Balaban J connectivity index is 0.00000144. The van der Waals surface area contributed by atoms with Crippen LogP contribution in [0, 0.1) is 11.6 Å². The molecule has 13 heavy (non-hydrogen) atoms. The molecule has 0 spiro atoms. The average Bonchev–Trinajstić information content (AvgIpc) is 2.01. The van der Waals surface area contributed by atoms with Gasteiger partial charge in [-0.15, -0.1) is 12.4 Å². The lowest BCUT2D eigenvalue weighted by atomic mass is 10.1. The second-order valence-electron chi connectivity index (χ2n) is 2.40. The number of rotatable bonds is 2. The van der Waals surface area contributed by atoms with Gasteiger partial charge < -0.3 is 5.73 Å². The third-order valence-electron chi connectivity index (χ3n) is 1.50. The molecule has 0 fully saturated rings. The molecule has 1 rings (SSSR count). The Morgan fingerprint density at radius 3 is 2.38 bits per heavy atom. The maximum atomic E-state index is 12.9. The third-order valence-corrected chi connectivity index (χ3v) is 1.79. The van der Waals surface area contributed by atoms with E-state index in [0.717, 1.165) is 12.1 Å². The monoisotopic (exact) mass is 227 g/mol. The summed E-state index contributed by atoms with van der Waals surface area (Å²) in [7, 11) is 0. The zero-order valence-corrected chi connectivity index (χ0v) is 8.26. The van der Waals surface area contributed by atoms with E-state index in [9.17, 15) is 8.78 Å². The van der Waals surface area contributed by atoms with Crippen LogP contribution in [0.1, 0.15) is 5.56 Å². The van der Waals surface area contributed by atoms with Gasteiger partial charge in [0.2, 0.25) is 0 Å². The molecule has 0 aliphatic carbocycles. The van der Waals surface area contributed by atoms with Crippen LogP contribution in [-0.4, -0.2) is 6.54 Å². The molecular weight excluding hydrogens is 219 g/mol. The van der Waals surface area contributed by atoms with E-state index in [0.29, 0.717) is 6.42 Å². The Morgan fingerprint density at radius 1 is 1.23 bits per heavy atom. The summed E-state index contributed by atoms with van der Waals surface area (Å²) in [5, 5.41) is -0.201. The first-order valence-corrected chi connectivity index (χ1v) is 3.86. The maximum Gasteiger partial charge on any atom is 0.142 e. The Kier molecular flexibility index (Phi) is 5.21. The molecule has 2 N–H and O–H groups in total. The first-order valence-electron chi connectivity index (χ1n) is 3.48. The van der Waals surface area contributed by atoms with Crippen molar-refractivity contribution in [3.05, 3.63) is 34.4 Å². The van der Waals surface area contributed by atoms with Gasteiger partial charge >= 0.3 is 0 Å². The maximum absolute atomic E-state index is 12.9. The Bertz CT molecular complexity index is 292. The normalized spacial score (nSPS) is 9.54. The molecule has 0 amide bonds. The summed E-state index contributed by atoms with van der Waals surface area (Å²) < 4.78 is 25.7. The van der Waals surface area contributed by atoms with Crippen molar-refractivity contribution in [2.75, 3.05) is 6.54 Å². The molecule has 1 aromatic carbocycles. The van der Waals surface area contributed by atoms with Crippen molar-refractivity contribution in [3.63, 3.8) is 0 Å². The van der Waals surface area contributed by atoms with Gasteiger partial charge in [0.25, 0.3) is 0 Å². The van der Waals surface area contributed by atoms with E-state index < -0.39 is 11.6 Å². The fourth-order valence-electron chi connectivity index (χ4n) is 0.911. The molecule has 0 unspecified atom stereocenters. The van der Waals surface area contributed by atoms with E-state index in [1.54, 1.807) is 0 Å². The van der Waals surface area contributed by atoms with E-state index in [2.05, 4.69) is 0 Å². The molecule has 0 aliphatic rings. The highest BCUT2D eigenvalue weighted by atomic mass is 35.5. The molecule has 5 heteroatoms. The standard InChI is InChI=1S/C8H8ClF2N.ClH/c9-6-4-7(10)5(1-2-12)3-8(6)11;/h3-4H,1-2,12H2;1H. The first-order chi connectivity index (χ1) is 5.65. The van der Waals surface area contributed by atoms with Gasteiger partial charge in [-0.2, -0.15) is 0 Å². The van der Waals surface area contributed by atoms with Gasteiger partial charge in [0.15, 0.2) is 0 Å². The van der Waals surface area contributed by atoms with E-state index in [1.165, 1.54) is 0 Å². The fourth-order valence-corrected chi connectivity index (χ4v) is 1.06. The average molecular weight is 228 g/mol. The lowest BCUT2D eigenvalue weighted by Crippen LogP contribution is -2.05. The lowest BCUT2D eigenvalue weighted by Gasteiger charge is -2.02. The second kappa shape index (κ2) is 5.37. The van der Waals surface area contributed by atoms with Crippen molar-refractivity contribution < 1.29 is 8.78 Å². The summed E-state index contributed by atoms with van der Waals surface area (Å²) >= 11 is 5.34. The highest BCUT2D eigenvalue weighted by Crippen LogP contribution is 2.19. The SMILES string of the molecule is Cl.NCCc1cc(F)c(Cl)cc1F. The molecule has 0 heterocycles. The molecule has 0 aliphatic heterocycles. The van der Waals surface area contributed by atoms with E-state index >= 15 is 0 Å². The van der Waals surface area contributed by atoms with Crippen LogP contribution in [0.2, 0.25) is 5.02 Å². The first kappa shape index (κ1) is 12.6. The van der Waals surface area contributed by atoms with Crippen molar-refractivity contribution >= 4 is 24.0 Å². The number of halogens is 4. The Labute approximate surface area is 86.3 Å². The molecule has 1 nitrogen and oxygen atoms in total. The van der Waals surface area contributed by atoms with Gasteiger partial charge in [-0.25, -0.2) is 8.78 Å². The Hall–Kier alpha value is -0.380. The van der Waals surface area contributed by atoms with Crippen molar-refractivity contribution in [1.29, 1.82) is 0 Å². The molecule has 0 aromatic heterocycles. The predicted octanol–water partition coefficient (Wildman–Crippen LogP) is 2.54. The lowest BCUT2D eigenvalue weighted by molar-refractivity contribution is 0.585. The van der Waals surface area contributed by atoms with Crippen LogP contribution < -0.4 is 5.73 Å². The minimum atomic E-state index is -0.610. The fraction of sp³-hybridized carbons (Fsp3) is 0.250. The minimum absolute atomic E-state index is 0. The molecular formula is C8H9Cl2F2N. The van der Waals surface area contributed by atoms with Crippen LogP contribution in [0.15, 0.2) is 12.1 Å². The number of hydrogen-bond acceptors (Lipinski definition) is 1. The van der Waals surface area contributed by atoms with E-state index in [1.807, 2.05) is 0 Å². The molecule has 74 valence electrons. The molecule has 0 saturated heterocycles. The summed E-state index contributed by atoms with van der Waals surface area (Å²) in [6, 6.07) is 2.03. The zero-order valence-electron chi connectivity index (χ0n) is 6.69. The van der Waals surface area contributed by atoms with Gasteiger partial charge in [0.05, 0.1) is 5.02 Å². The molecule has 0 radical (unpaired) electrons. The quantitative estimate of drug-likeness (QED) is 0.773. The van der Waals surface area contributed by atoms with Crippen LogP contribution >= 0.6 is 24.0 Å². The van der Waals surface area contributed by atoms with Crippen LogP contribution in [0.5, 0.6) is 0 Å². The van der Waals surface area contributed by atoms with Crippen molar-refractivity contribution in [1.82, 2.24) is 0 Å². The number of nitrogens with two attached hydrogens (primary N) is 1. The Morgan fingerprint density at radius 2 is 1.85 bits per heavy atom. The molecule has 0 atom stereocenters. The molecule has 1 aromatic rings. The van der Waals surface area contributed by atoms with Gasteiger partial charge in [-0.3, -0.25) is 0 Å². The van der Waals surface area contributed by atoms with Gasteiger partial charge in [0, 0.05) is 0 Å². The smallest absolute Gasteiger partial charge is 0.142 e. The molecule has 0 bridgehead atoms. The van der Waals surface area contributed by atoms with Crippen LogP contribution in [-0.2, 0) is 6.42 Å². The molecule has 0 saturated carbocycles. The summed E-state index contributed by atoms with van der Waals surface area (Å²) in [5.41, 5.74) is 5.46. The summed E-state index contributed by atoms with van der Waals surface area (Å²) in [4.78, 5) is 0. The van der Waals surface area contributed by atoms with Gasteiger partial charge in [-0.05, 0) is 30.7 Å². The second-order valence-corrected chi connectivity index (χ2v) is 2.80. The number of hydrogen-bond donors (Lipinski definition) is 1. The summed E-state index contributed by atoms with van der Waals surface area (Å²) in [5.74, 6) is -1.12. The van der Waals surface area contributed by atoms with Gasteiger partial charge in [0.1, 0.15) is 11.6 Å².